The van der Waals surface area contributed by atoms with E-state index in [0.717, 1.165) is 18.7 Å². The second-order valence-corrected chi connectivity index (χ2v) is 7.34. The van der Waals surface area contributed by atoms with E-state index in [1.807, 2.05) is 30.3 Å². The fraction of sp³-hybridized carbons (Fsp3) is 0.182. The number of anilines is 1. The first-order valence-electron chi connectivity index (χ1n) is 9.11. The Bertz CT molecular complexity index is 1050. The summed E-state index contributed by atoms with van der Waals surface area (Å²) in [6.45, 7) is 2.20. The van der Waals surface area contributed by atoms with Crippen molar-refractivity contribution in [2.75, 3.05) is 11.9 Å². The van der Waals surface area contributed by atoms with Crippen molar-refractivity contribution in [3.63, 3.8) is 0 Å². The van der Waals surface area contributed by atoms with Crippen LogP contribution in [0.2, 0.25) is 5.02 Å². The van der Waals surface area contributed by atoms with E-state index in [0.29, 0.717) is 23.8 Å². The first-order chi connectivity index (χ1) is 13.6. The molecule has 3 aromatic rings. The predicted molar refractivity (Wildman–Crippen MR) is 110 cm³/mol. The fourth-order valence-electron chi connectivity index (χ4n) is 3.46. The molecule has 1 N–H and O–H groups in total. The summed E-state index contributed by atoms with van der Waals surface area (Å²) in [7, 11) is 0. The van der Waals surface area contributed by atoms with Gasteiger partial charge in [-0.25, -0.2) is 0 Å². The number of carbonyl (C=O) groups is 1. The molecule has 1 aliphatic heterocycles. The van der Waals surface area contributed by atoms with Crippen LogP contribution in [0.4, 0.5) is 5.69 Å². The van der Waals surface area contributed by atoms with Crippen LogP contribution in [0.25, 0.3) is 0 Å². The average Bonchev–Trinajstić information content (AvgIpc) is 3.08. The van der Waals surface area contributed by atoms with Crippen LogP contribution in [0.3, 0.4) is 0 Å². The number of rotatable bonds is 5. The zero-order chi connectivity index (χ0) is 19.5. The number of carbonyl (C=O) groups excluding carboxylic acids is 1. The van der Waals surface area contributed by atoms with Gasteiger partial charge in [0.2, 0.25) is 5.91 Å². The summed E-state index contributed by atoms with van der Waals surface area (Å²) in [6, 6.07) is 18.7. The van der Waals surface area contributed by atoms with Crippen molar-refractivity contribution in [3.05, 3.63) is 98.9 Å². The quantitative estimate of drug-likeness (QED) is 0.721. The summed E-state index contributed by atoms with van der Waals surface area (Å²) >= 11 is 6.19. The van der Waals surface area contributed by atoms with Gasteiger partial charge in [-0.3, -0.25) is 14.5 Å². The molecule has 0 saturated heterocycles. The molecule has 1 aromatic heterocycles. The lowest BCUT2D eigenvalue weighted by Gasteiger charge is -2.15. The average molecular weight is 394 g/mol. The molecule has 142 valence electrons. The minimum atomic E-state index is -0.145. The largest absolute Gasteiger partial charge is 0.324 e. The summed E-state index contributed by atoms with van der Waals surface area (Å²) in [6.07, 6.45) is 1.66. The molecule has 6 heteroatoms. The summed E-state index contributed by atoms with van der Waals surface area (Å²) in [5.74, 6) is -0.101. The highest BCUT2D eigenvalue weighted by Crippen LogP contribution is 2.22. The van der Waals surface area contributed by atoms with Crippen molar-refractivity contribution >= 4 is 23.2 Å². The minimum absolute atomic E-state index is 0.101. The Hall–Kier alpha value is -2.89. The Labute approximate surface area is 168 Å². The smallest absolute Gasteiger partial charge is 0.250 e. The van der Waals surface area contributed by atoms with Gasteiger partial charge in [-0.05, 0) is 28.8 Å². The Kier molecular flexibility index (Phi) is 5.28. The third-order valence-corrected chi connectivity index (χ3v) is 5.21. The van der Waals surface area contributed by atoms with Gasteiger partial charge in [0, 0.05) is 30.4 Å². The molecule has 0 fully saturated rings. The van der Waals surface area contributed by atoms with Gasteiger partial charge >= 0.3 is 0 Å². The number of amides is 1. The van der Waals surface area contributed by atoms with Gasteiger partial charge < -0.3 is 9.88 Å². The van der Waals surface area contributed by atoms with Gasteiger partial charge in [0.25, 0.3) is 5.56 Å². The minimum Gasteiger partial charge on any atom is -0.324 e. The maximum Gasteiger partial charge on any atom is 0.250 e. The summed E-state index contributed by atoms with van der Waals surface area (Å²) < 4.78 is 1.54. The molecule has 0 radical (unpaired) electrons. The zero-order valence-electron chi connectivity index (χ0n) is 15.3. The van der Waals surface area contributed by atoms with E-state index in [1.165, 1.54) is 17.2 Å². The van der Waals surface area contributed by atoms with Crippen molar-refractivity contribution in [3.8, 4) is 0 Å². The Morgan fingerprint density at radius 1 is 0.964 bits per heavy atom. The molecule has 0 atom stereocenters. The number of nitrogens with one attached hydrogen (secondary N) is 1. The standard InChI is InChI=1S/C22H20ClN3O2/c23-20-8-4-3-7-18(20)13-26-14-19(9-10-22(26)28)24-21(27)15-25-11-16-5-1-2-6-17(16)12-25/h1-10,14H,11-13,15H2,(H,24,27). The van der Waals surface area contributed by atoms with Crippen molar-refractivity contribution in [2.45, 2.75) is 19.6 Å². The first kappa shape index (κ1) is 18.5. The van der Waals surface area contributed by atoms with Crippen molar-refractivity contribution in [1.82, 2.24) is 9.47 Å². The first-order valence-corrected chi connectivity index (χ1v) is 9.49. The van der Waals surface area contributed by atoms with Crippen LogP contribution in [-0.4, -0.2) is 21.9 Å². The number of hydrogen-bond acceptors (Lipinski definition) is 3. The number of benzene rings is 2. The topological polar surface area (TPSA) is 54.3 Å². The molecule has 0 aliphatic carbocycles. The Morgan fingerprint density at radius 3 is 2.36 bits per heavy atom. The third kappa shape index (κ3) is 4.16. The fourth-order valence-corrected chi connectivity index (χ4v) is 3.65. The third-order valence-electron chi connectivity index (χ3n) is 4.84. The van der Waals surface area contributed by atoms with Crippen molar-refractivity contribution in [2.24, 2.45) is 0 Å². The predicted octanol–water partition coefficient (Wildman–Crippen LogP) is 3.50. The van der Waals surface area contributed by atoms with Gasteiger partial charge in [-0.2, -0.15) is 0 Å². The Morgan fingerprint density at radius 2 is 1.64 bits per heavy atom. The second-order valence-electron chi connectivity index (χ2n) is 6.94. The molecule has 1 aliphatic rings. The molecule has 0 saturated carbocycles. The normalized spacial score (nSPS) is 13.3. The lowest BCUT2D eigenvalue weighted by atomic mass is 10.1. The molecule has 0 spiro atoms. The van der Waals surface area contributed by atoms with E-state index in [1.54, 1.807) is 22.9 Å². The molecule has 28 heavy (non-hydrogen) atoms. The van der Waals surface area contributed by atoms with E-state index in [4.69, 9.17) is 11.6 Å². The van der Waals surface area contributed by atoms with Crippen LogP contribution in [0.15, 0.2) is 71.7 Å². The van der Waals surface area contributed by atoms with Gasteiger partial charge in [0.1, 0.15) is 0 Å². The molecule has 2 aromatic carbocycles. The van der Waals surface area contributed by atoms with Gasteiger partial charge in [-0.15, -0.1) is 0 Å². The summed E-state index contributed by atoms with van der Waals surface area (Å²) in [5, 5.41) is 3.50. The Balaban J connectivity index is 1.42. The lowest BCUT2D eigenvalue weighted by Crippen LogP contribution is -2.30. The van der Waals surface area contributed by atoms with Crippen molar-refractivity contribution in [1.29, 1.82) is 0 Å². The number of pyridine rings is 1. The highest BCUT2D eigenvalue weighted by Gasteiger charge is 2.20. The van der Waals surface area contributed by atoms with Crippen LogP contribution in [0.5, 0.6) is 0 Å². The number of fused-ring (bicyclic) bond motifs is 1. The van der Waals surface area contributed by atoms with Gasteiger partial charge in [0.05, 0.1) is 18.8 Å². The summed E-state index contributed by atoms with van der Waals surface area (Å²) in [5.41, 5.74) is 3.83. The van der Waals surface area contributed by atoms with E-state index < -0.39 is 0 Å². The van der Waals surface area contributed by atoms with Crippen LogP contribution in [0.1, 0.15) is 16.7 Å². The maximum atomic E-state index is 12.5. The monoisotopic (exact) mass is 393 g/mol. The SMILES string of the molecule is O=C(CN1Cc2ccccc2C1)Nc1ccc(=O)n(Cc2ccccc2Cl)c1. The van der Waals surface area contributed by atoms with Crippen LogP contribution >= 0.6 is 11.6 Å². The van der Waals surface area contributed by atoms with Gasteiger partial charge in [-0.1, -0.05) is 54.1 Å². The highest BCUT2D eigenvalue weighted by atomic mass is 35.5. The van der Waals surface area contributed by atoms with E-state index in [2.05, 4.69) is 22.3 Å². The van der Waals surface area contributed by atoms with Gasteiger partial charge in [0.15, 0.2) is 0 Å². The number of aromatic nitrogens is 1. The highest BCUT2D eigenvalue weighted by molar-refractivity contribution is 6.31. The zero-order valence-corrected chi connectivity index (χ0v) is 16.0. The van der Waals surface area contributed by atoms with E-state index >= 15 is 0 Å². The molecule has 0 unspecified atom stereocenters. The molecule has 4 rings (SSSR count). The molecule has 0 bridgehead atoms. The number of hydrogen-bond donors (Lipinski definition) is 1. The van der Waals surface area contributed by atoms with Crippen LogP contribution < -0.4 is 10.9 Å². The van der Waals surface area contributed by atoms with E-state index in [9.17, 15) is 9.59 Å². The number of nitrogens with zero attached hydrogens (tertiary/aromatic N) is 2. The van der Waals surface area contributed by atoms with E-state index in [-0.39, 0.29) is 11.5 Å². The summed E-state index contributed by atoms with van der Waals surface area (Å²) in [4.78, 5) is 26.7. The number of halogens is 1. The molecule has 2 heterocycles. The molecular weight excluding hydrogens is 374 g/mol. The van der Waals surface area contributed by atoms with Crippen LogP contribution in [0, 0.1) is 0 Å². The van der Waals surface area contributed by atoms with Crippen LogP contribution in [-0.2, 0) is 24.4 Å². The molecule has 5 nitrogen and oxygen atoms in total. The van der Waals surface area contributed by atoms with Crippen molar-refractivity contribution < 1.29 is 4.79 Å². The lowest BCUT2D eigenvalue weighted by molar-refractivity contribution is -0.117. The molecular formula is C22H20ClN3O2. The maximum absolute atomic E-state index is 12.5. The second kappa shape index (κ2) is 8.00. The molecule has 1 amide bonds.